The predicted molar refractivity (Wildman–Crippen MR) is 51.8 cm³/mol. The highest BCUT2D eigenvalue weighted by atomic mass is 16.2. The van der Waals surface area contributed by atoms with E-state index in [1.54, 1.807) is 0 Å². The quantitative estimate of drug-likeness (QED) is 0.646. The molecule has 0 atom stereocenters. The van der Waals surface area contributed by atoms with Crippen molar-refractivity contribution in [2.75, 3.05) is 13.3 Å². The van der Waals surface area contributed by atoms with Crippen LogP contribution >= 0.6 is 0 Å². The van der Waals surface area contributed by atoms with Gasteiger partial charge in [-0.15, -0.1) is 0 Å². The van der Waals surface area contributed by atoms with Gasteiger partial charge in [-0.05, 0) is 0 Å². The lowest BCUT2D eigenvalue weighted by atomic mass is 10.4. The van der Waals surface area contributed by atoms with E-state index in [0.717, 1.165) is 9.80 Å². The Bertz CT molecular complexity index is 308. The number of rotatable bonds is 4. The van der Waals surface area contributed by atoms with Crippen LogP contribution in [-0.4, -0.2) is 47.0 Å². The number of urea groups is 2. The van der Waals surface area contributed by atoms with E-state index in [1.807, 2.05) is 0 Å². The molecule has 1 saturated heterocycles. The Kier molecular flexibility index (Phi) is 3.44. The molecule has 0 unspecified atom stereocenters. The average molecular weight is 228 g/mol. The molecule has 0 aromatic carbocycles. The Balaban J connectivity index is 2.40. The fraction of sp³-hybridized carbons (Fsp3) is 0.500. The fourth-order valence-corrected chi connectivity index (χ4v) is 1.06. The second kappa shape index (κ2) is 4.60. The molecule has 0 radical (unpaired) electrons. The summed E-state index contributed by atoms with van der Waals surface area (Å²) in [7, 11) is 0. The van der Waals surface area contributed by atoms with Crippen molar-refractivity contribution in [2.24, 2.45) is 0 Å². The molecule has 1 fully saturated rings. The maximum atomic E-state index is 11.3. The highest BCUT2D eigenvalue weighted by molar-refractivity contribution is 6.11. The third kappa shape index (κ3) is 2.47. The van der Waals surface area contributed by atoms with E-state index in [-0.39, 0.29) is 25.2 Å². The minimum Gasteiger partial charge on any atom is -0.338 e. The van der Waals surface area contributed by atoms with Gasteiger partial charge >= 0.3 is 12.1 Å². The van der Waals surface area contributed by atoms with Gasteiger partial charge < -0.3 is 10.6 Å². The van der Waals surface area contributed by atoms with Crippen molar-refractivity contribution in [1.82, 2.24) is 20.4 Å². The minimum absolute atomic E-state index is 0.149. The van der Waals surface area contributed by atoms with E-state index in [9.17, 15) is 19.2 Å². The van der Waals surface area contributed by atoms with Crippen molar-refractivity contribution in [3.63, 3.8) is 0 Å². The van der Waals surface area contributed by atoms with Crippen molar-refractivity contribution in [1.29, 1.82) is 0 Å². The molecule has 16 heavy (non-hydrogen) atoms. The Labute approximate surface area is 91.6 Å². The monoisotopic (exact) mass is 228 g/mol. The Morgan fingerprint density at radius 2 is 1.25 bits per heavy atom. The van der Waals surface area contributed by atoms with Crippen LogP contribution in [0.5, 0.6) is 0 Å². The third-order valence-corrected chi connectivity index (χ3v) is 1.90. The molecule has 0 aromatic heterocycles. The van der Waals surface area contributed by atoms with Crippen molar-refractivity contribution in [2.45, 2.75) is 13.8 Å². The third-order valence-electron chi connectivity index (χ3n) is 1.90. The van der Waals surface area contributed by atoms with Crippen molar-refractivity contribution in [3.8, 4) is 0 Å². The zero-order valence-electron chi connectivity index (χ0n) is 8.94. The zero-order chi connectivity index (χ0) is 12.3. The normalized spacial score (nSPS) is 14.6. The van der Waals surface area contributed by atoms with Crippen LogP contribution in [0.2, 0.25) is 0 Å². The summed E-state index contributed by atoms with van der Waals surface area (Å²) in [6.45, 7) is 2.26. The smallest absolute Gasteiger partial charge is 0.338 e. The number of nitrogens with zero attached hydrogens (tertiary/aromatic N) is 2. The van der Waals surface area contributed by atoms with Gasteiger partial charge in [0.1, 0.15) is 13.3 Å². The van der Waals surface area contributed by atoms with Gasteiger partial charge in [0.05, 0.1) is 0 Å². The molecule has 0 aromatic rings. The van der Waals surface area contributed by atoms with Gasteiger partial charge in [0.25, 0.3) is 0 Å². The lowest BCUT2D eigenvalue weighted by molar-refractivity contribution is -0.119. The molecule has 6 amide bonds. The largest absolute Gasteiger partial charge is 0.339 e. The lowest BCUT2D eigenvalue weighted by Crippen LogP contribution is -2.67. The molecular weight excluding hydrogens is 216 g/mol. The number of imide groups is 2. The highest BCUT2D eigenvalue weighted by Gasteiger charge is 2.43. The van der Waals surface area contributed by atoms with Gasteiger partial charge in [0.2, 0.25) is 11.8 Å². The zero-order valence-corrected chi connectivity index (χ0v) is 8.94. The molecule has 1 rings (SSSR count). The number of carbonyl (C=O) groups is 4. The van der Waals surface area contributed by atoms with E-state index in [4.69, 9.17) is 0 Å². The molecule has 8 nitrogen and oxygen atoms in total. The molecule has 0 bridgehead atoms. The summed E-state index contributed by atoms with van der Waals surface area (Å²) in [5.41, 5.74) is 0. The summed E-state index contributed by atoms with van der Waals surface area (Å²) in [5.74, 6) is -0.665. The summed E-state index contributed by atoms with van der Waals surface area (Å²) in [5, 5.41) is 4.65. The standard InChI is InChI=1S/C8H12N4O4/c1-5(13)9-3-11-7(15)12(8(11)16)4-10-6(2)14/h3-4H2,1-2H3,(H,9,13)(H,10,14). The first-order valence-corrected chi connectivity index (χ1v) is 4.55. The van der Waals surface area contributed by atoms with E-state index in [1.165, 1.54) is 13.8 Å². The highest BCUT2D eigenvalue weighted by Crippen LogP contribution is 2.13. The van der Waals surface area contributed by atoms with Gasteiger partial charge in [-0.2, -0.15) is 0 Å². The van der Waals surface area contributed by atoms with Gasteiger partial charge in [-0.25, -0.2) is 19.4 Å². The first kappa shape index (κ1) is 12.0. The Morgan fingerprint density at radius 3 is 1.50 bits per heavy atom. The second-order valence-corrected chi connectivity index (χ2v) is 3.20. The molecule has 1 heterocycles. The Hall–Kier alpha value is -2.12. The predicted octanol–water partition coefficient (Wildman–Crippen LogP) is -0.969. The van der Waals surface area contributed by atoms with Crippen LogP contribution in [0.1, 0.15) is 13.8 Å². The van der Waals surface area contributed by atoms with Crippen molar-refractivity contribution < 1.29 is 19.2 Å². The SMILES string of the molecule is CC(=O)NCN1C(=O)N(CNC(C)=O)C1=O. The maximum absolute atomic E-state index is 11.3. The molecule has 1 aliphatic rings. The number of carbonyl (C=O) groups excluding carboxylic acids is 4. The maximum Gasteiger partial charge on any atom is 0.339 e. The molecule has 0 saturated carbocycles. The average Bonchev–Trinajstić information content (AvgIpc) is 2.17. The van der Waals surface area contributed by atoms with Gasteiger partial charge in [0.15, 0.2) is 0 Å². The summed E-state index contributed by atoms with van der Waals surface area (Å²) < 4.78 is 0. The van der Waals surface area contributed by atoms with Gasteiger partial charge in [0, 0.05) is 13.8 Å². The van der Waals surface area contributed by atoms with Crippen molar-refractivity contribution in [3.05, 3.63) is 0 Å². The van der Waals surface area contributed by atoms with Crippen LogP contribution in [0.4, 0.5) is 9.59 Å². The first-order chi connectivity index (χ1) is 7.43. The molecule has 8 heteroatoms. The van der Waals surface area contributed by atoms with Crippen LogP contribution < -0.4 is 10.6 Å². The van der Waals surface area contributed by atoms with Gasteiger partial charge in [-0.1, -0.05) is 0 Å². The van der Waals surface area contributed by atoms with Crippen LogP contribution in [0, 0.1) is 0 Å². The van der Waals surface area contributed by atoms with Crippen LogP contribution in [-0.2, 0) is 9.59 Å². The second-order valence-electron chi connectivity index (χ2n) is 3.20. The lowest BCUT2D eigenvalue weighted by Gasteiger charge is -2.38. The number of hydrogen-bond acceptors (Lipinski definition) is 4. The first-order valence-electron chi connectivity index (χ1n) is 4.55. The molecule has 1 aliphatic heterocycles. The summed E-state index contributed by atoms with van der Waals surface area (Å²) in [4.78, 5) is 45.5. The summed E-state index contributed by atoms with van der Waals surface area (Å²) in [6, 6.07) is -1.10. The number of hydrogen-bond donors (Lipinski definition) is 2. The van der Waals surface area contributed by atoms with E-state index >= 15 is 0 Å². The number of amides is 6. The molecule has 2 N–H and O–H groups in total. The molecule has 0 aliphatic carbocycles. The van der Waals surface area contributed by atoms with Crippen LogP contribution in [0.3, 0.4) is 0 Å². The Morgan fingerprint density at radius 1 is 0.938 bits per heavy atom. The van der Waals surface area contributed by atoms with E-state index in [0.29, 0.717) is 0 Å². The topological polar surface area (TPSA) is 98.8 Å². The van der Waals surface area contributed by atoms with Gasteiger partial charge in [-0.3, -0.25) is 9.59 Å². The van der Waals surface area contributed by atoms with E-state index in [2.05, 4.69) is 10.6 Å². The molecule has 0 spiro atoms. The fourth-order valence-electron chi connectivity index (χ4n) is 1.06. The summed E-state index contributed by atoms with van der Waals surface area (Å²) >= 11 is 0. The van der Waals surface area contributed by atoms with Crippen LogP contribution in [0.25, 0.3) is 0 Å². The summed E-state index contributed by atoms with van der Waals surface area (Å²) in [6.07, 6.45) is 0. The van der Waals surface area contributed by atoms with Crippen LogP contribution in [0.15, 0.2) is 0 Å². The molecule has 88 valence electrons. The number of nitrogens with one attached hydrogen (secondary N) is 2. The van der Waals surface area contributed by atoms with E-state index < -0.39 is 12.1 Å². The minimum atomic E-state index is -0.549. The molecular formula is C8H12N4O4. The van der Waals surface area contributed by atoms with Crippen molar-refractivity contribution >= 4 is 23.9 Å².